The van der Waals surface area contributed by atoms with Crippen molar-refractivity contribution in [3.63, 3.8) is 0 Å². The molecule has 3 amide bonds. The summed E-state index contributed by atoms with van der Waals surface area (Å²) < 4.78 is 10.5. The fourth-order valence-corrected chi connectivity index (χ4v) is 3.22. The predicted octanol–water partition coefficient (Wildman–Crippen LogP) is 4.22. The second-order valence-corrected chi connectivity index (χ2v) is 10.5. The molecule has 0 aliphatic heterocycles. The van der Waals surface area contributed by atoms with E-state index >= 15 is 0 Å². The highest BCUT2D eigenvalue weighted by Gasteiger charge is 2.25. The third-order valence-corrected chi connectivity index (χ3v) is 4.74. The Hall–Kier alpha value is -3.88. The summed E-state index contributed by atoms with van der Waals surface area (Å²) >= 11 is 0. The first-order valence-corrected chi connectivity index (χ1v) is 12.2. The van der Waals surface area contributed by atoms with Crippen LogP contribution >= 0.6 is 0 Å². The van der Waals surface area contributed by atoms with E-state index in [1.165, 1.54) is 0 Å². The van der Waals surface area contributed by atoms with Crippen LogP contribution in [-0.4, -0.2) is 47.7 Å². The van der Waals surface area contributed by atoms with Gasteiger partial charge in [0.25, 0.3) is 5.91 Å². The van der Waals surface area contributed by atoms with Gasteiger partial charge in [0, 0.05) is 24.2 Å². The van der Waals surface area contributed by atoms with Crippen LogP contribution in [0.15, 0.2) is 54.6 Å². The number of amides is 3. The number of nitrogens with one attached hydrogen (secondary N) is 3. The molecule has 37 heavy (non-hydrogen) atoms. The van der Waals surface area contributed by atoms with Crippen molar-refractivity contribution < 1.29 is 28.7 Å². The maximum absolute atomic E-state index is 13.0. The van der Waals surface area contributed by atoms with E-state index in [1.807, 2.05) is 30.3 Å². The Morgan fingerprint density at radius 3 is 1.97 bits per heavy atom. The number of esters is 1. The van der Waals surface area contributed by atoms with Crippen molar-refractivity contribution in [2.45, 2.75) is 71.6 Å². The summed E-state index contributed by atoms with van der Waals surface area (Å²) in [7, 11) is 0. The average Bonchev–Trinajstić information content (AvgIpc) is 2.77. The van der Waals surface area contributed by atoms with Crippen molar-refractivity contribution in [1.29, 1.82) is 0 Å². The Bertz CT molecular complexity index is 1070. The van der Waals surface area contributed by atoms with Crippen LogP contribution in [0.5, 0.6) is 0 Å². The average molecular weight is 512 g/mol. The zero-order valence-corrected chi connectivity index (χ0v) is 22.3. The van der Waals surface area contributed by atoms with Gasteiger partial charge in [0.05, 0.1) is 6.42 Å². The fraction of sp³-hybridized carbons (Fsp3) is 0.429. The second-order valence-electron chi connectivity index (χ2n) is 10.5. The molecule has 0 spiro atoms. The molecule has 2 aromatic carbocycles. The van der Waals surface area contributed by atoms with Crippen LogP contribution in [0.25, 0.3) is 0 Å². The molecule has 9 heteroatoms. The Labute approximate surface area is 218 Å². The van der Waals surface area contributed by atoms with E-state index in [1.54, 1.807) is 65.8 Å². The summed E-state index contributed by atoms with van der Waals surface area (Å²) in [4.78, 5) is 49.5. The van der Waals surface area contributed by atoms with Gasteiger partial charge >= 0.3 is 12.1 Å². The lowest BCUT2D eigenvalue weighted by Gasteiger charge is -2.23. The van der Waals surface area contributed by atoms with Gasteiger partial charge < -0.3 is 25.4 Å². The highest BCUT2D eigenvalue weighted by molar-refractivity contribution is 5.98. The standard InChI is InChI=1S/C28H37N3O6/c1-27(2,3)36-23(32)16-17-29-24(33)20-12-14-21(15-13-20)30-25(34)22(18-19-10-8-7-9-11-19)31-26(35)37-28(4,5)6/h7-15,22H,16-18H2,1-6H3,(H,29,33)(H,30,34)(H,31,35). The van der Waals surface area contributed by atoms with Gasteiger partial charge in [0.2, 0.25) is 5.91 Å². The zero-order chi connectivity index (χ0) is 27.6. The van der Waals surface area contributed by atoms with E-state index in [2.05, 4.69) is 16.0 Å². The zero-order valence-electron chi connectivity index (χ0n) is 22.3. The summed E-state index contributed by atoms with van der Waals surface area (Å²) in [5.74, 6) is -1.17. The van der Waals surface area contributed by atoms with Crippen LogP contribution in [0.3, 0.4) is 0 Å². The minimum atomic E-state index is -0.881. The molecular weight excluding hydrogens is 474 g/mol. The van der Waals surface area contributed by atoms with E-state index in [-0.39, 0.29) is 25.3 Å². The highest BCUT2D eigenvalue weighted by Crippen LogP contribution is 2.13. The Morgan fingerprint density at radius 1 is 0.811 bits per heavy atom. The van der Waals surface area contributed by atoms with Crippen LogP contribution in [0.1, 0.15) is 63.9 Å². The number of anilines is 1. The van der Waals surface area contributed by atoms with Crippen LogP contribution < -0.4 is 16.0 Å². The molecular formula is C28H37N3O6. The van der Waals surface area contributed by atoms with Gasteiger partial charge in [-0.05, 0) is 71.4 Å². The van der Waals surface area contributed by atoms with Crippen molar-refractivity contribution in [2.75, 3.05) is 11.9 Å². The van der Waals surface area contributed by atoms with E-state index < -0.39 is 35.2 Å². The number of benzene rings is 2. The highest BCUT2D eigenvalue weighted by atomic mass is 16.6. The molecule has 0 heterocycles. The quantitative estimate of drug-likeness (QED) is 0.433. The van der Waals surface area contributed by atoms with Gasteiger partial charge in [0.1, 0.15) is 17.2 Å². The molecule has 0 aromatic heterocycles. The number of hydrogen-bond acceptors (Lipinski definition) is 6. The molecule has 3 N–H and O–H groups in total. The molecule has 0 aliphatic carbocycles. The SMILES string of the molecule is CC(C)(C)OC(=O)CCNC(=O)c1ccc(NC(=O)C(Cc2ccccc2)NC(=O)OC(C)(C)C)cc1. The number of ether oxygens (including phenoxy) is 2. The first-order valence-electron chi connectivity index (χ1n) is 12.2. The summed E-state index contributed by atoms with van der Waals surface area (Å²) in [6, 6.07) is 14.7. The van der Waals surface area contributed by atoms with Crippen molar-refractivity contribution in [3.8, 4) is 0 Å². The number of rotatable bonds is 9. The Morgan fingerprint density at radius 2 is 1.41 bits per heavy atom. The molecule has 0 radical (unpaired) electrons. The molecule has 1 unspecified atom stereocenters. The Balaban J connectivity index is 1.98. The maximum atomic E-state index is 13.0. The van der Waals surface area contributed by atoms with E-state index in [4.69, 9.17) is 9.47 Å². The lowest BCUT2D eigenvalue weighted by molar-refractivity contribution is -0.154. The van der Waals surface area contributed by atoms with Gasteiger partial charge in [-0.15, -0.1) is 0 Å². The summed E-state index contributed by atoms with van der Waals surface area (Å²) in [5, 5.41) is 8.09. The van der Waals surface area contributed by atoms with Crippen molar-refractivity contribution in [3.05, 3.63) is 65.7 Å². The molecule has 200 valence electrons. The molecule has 9 nitrogen and oxygen atoms in total. The normalized spacial score (nSPS) is 12.2. The topological polar surface area (TPSA) is 123 Å². The predicted molar refractivity (Wildman–Crippen MR) is 141 cm³/mol. The smallest absolute Gasteiger partial charge is 0.408 e. The number of carbonyl (C=O) groups is 4. The van der Waals surface area contributed by atoms with Crippen LogP contribution in [-0.2, 0) is 25.5 Å². The molecule has 0 bridgehead atoms. The second kappa shape index (κ2) is 12.9. The molecule has 0 saturated heterocycles. The maximum Gasteiger partial charge on any atom is 0.408 e. The summed E-state index contributed by atoms with van der Waals surface area (Å²) in [6.07, 6.45) is -0.365. The first kappa shape index (κ1) is 29.4. The summed E-state index contributed by atoms with van der Waals surface area (Å²) in [5.41, 5.74) is 0.414. The third-order valence-electron chi connectivity index (χ3n) is 4.74. The minimum absolute atomic E-state index is 0.0601. The molecule has 0 fully saturated rings. The lowest BCUT2D eigenvalue weighted by Crippen LogP contribution is -2.47. The van der Waals surface area contributed by atoms with Crippen molar-refractivity contribution in [1.82, 2.24) is 10.6 Å². The molecule has 2 rings (SSSR count). The Kier molecular flexibility index (Phi) is 10.2. The molecule has 2 aromatic rings. The van der Waals surface area contributed by atoms with Gasteiger partial charge in [0.15, 0.2) is 0 Å². The fourth-order valence-electron chi connectivity index (χ4n) is 3.22. The molecule has 0 saturated carbocycles. The van der Waals surface area contributed by atoms with E-state index in [0.717, 1.165) is 5.56 Å². The van der Waals surface area contributed by atoms with Crippen LogP contribution in [0.2, 0.25) is 0 Å². The lowest BCUT2D eigenvalue weighted by atomic mass is 10.1. The monoisotopic (exact) mass is 511 g/mol. The van der Waals surface area contributed by atoms with Gasteiger partial charge in [-0.2, -0.15) is 0 Å². The molecule has 1 atom stereocenters. The van der Waals surface area contributed by atoms with Gasteiger partial charge in [-0.1, -0.05) is 30.3 Å². The summed E-state index contributed by atoms with van der Waals surface area (Å²) in [6.45, 7) is 10.7. The first-order chi connectivity index (χ1) is 17.2. The van der Waals surface area contributed by atoms with Gasteiger partial charge in [-0.3, -0.25) is 14.4 Å². The van der Waals surface area contributed by atoms with Crippen molar-refractivity contribution >= 4 is 29.6 Å². The van der Waals surface area contributed by atoms with Crippen LogP contribution in [0, 0.1) is 0 Å². The van der Waals surface area contributed by atoms with Crippen molar-refractivity contribution in [2.24, 2.45) is 0 Å². The largest absolute Gasteiger partial charge is 0.460 e. The minimum Gasteiger partial charge on any atom is -0.460 e. The third kappa shape index (κ3) is 11.6. The van der Waals surface area contributed by atoms with Crippen LogP contribution in [0.4, 0.5) is 10.5 Å². The van der Waals surface area contributed by atoms with E-state index in [0.29, 0.717) is 11.3 Å². The number of hydrogen-bond donors (Lipinski definition) is 3. The number of carbonyl (C=O) groups excluding carboxylic acids is 4. The van der Waals surface area contributed by atoms with Gasteiger partial charge in [-0.25, -0.2) is 4.79 Å². The van der Waals surface area contributed by atoms with E-state index in [9.17, 15) is 19.2 Å². The number of alkyl carbamates (subject to hydrolysis) is 1. The molecule has 0 aliphatic rings.